The molecule has 0 spiro atoms. The fourth-order valence-electron chi connectivity index (χ4n) is 2.12. The van der Waals surface area contributed by atoms with Gasteiger partial charge < -0.3 is 14.2 Å². The van der Waals surface area contributed by atoms with E-state index in [0.29, 0.717) is 13.2 Å². The largest absolute Gasteiger partial charge is 0.497 e. The minimum Gasteiger partial charge on any atom is -0.497 e. The summed E-state index contributed by atoms with van der Waals surface area (Å²) in [7, 11) is 3.27. The zero-order chi connectivity index (χ0) is 13.8. The lowest BCUT2D eigenvalue weighted by molar-refractivity contribution is 0.0521. The molecule has 1 aromatic carbocycles. The number of hydrogen-bond donors (Lipinski definition) is 0. The van der Waals surface area contributed by atoms with Gasteiger partial charge in [0.1, 0.15) is 12.4 Å². The second-order valence-corrected chi connectivity index (χ2v) is 4.56. The lowest BCUT2D eigenvalue weighted by Gasteiger charge is -2.25. The fourth-order valence-corrected chi connectivity index (χ4v) is 2.12. The molecule has 0 aliphatic carbocycles. The number of carbonyl (C=O) groups excluding carboxylic acids is 1. The van der Waals surface area contributed by atoms with E-state index in [1.807, 2.05) is 31.2 Å². The number of amides is 1. The van der Waals surface area contributed by atoms with Crippen molar-refractivity contribution in [2.75, 3.05) is 20.8 Å². The van der Waals surface area contributed by atoms with Gasteiger partial charge in [0.05, 0.1) is 19.3 Å². The molecule has 1 aromatic rings. The monoisotopic (exact) mass is 265 g/mol. The Morgan fingerprint density at radius 3 is 2.63 bits per heavy atom. The zero-order valence-electron chi connectivity index (χ0n) is 11.5. The SMILES string of the molecule is COc1ccc(CN2C(=O)OC[C@@H]2[C@@H](C)OC)cc1. The van der Waals surface area contributed by atoms with E-state index in [9.17, 15) is 4.79 Å². The predicted octanol–water partition coefficient (Wildman–Crippen LogP) is 2.05. The van der Waals surface area contributed by atoms with Gasteiger partial charge in [-0.05, 0) is 24.6 Å². The standard InChI is InChI=1S/C14H19NO4/c1-10(17-2)13-9-19-14(16)15(13)8-11-4-6-12(18-3)7-5-11/h4-7,10,13H,8-9H2,1-3H3/t10-,13-/m1/s1. The second-order valence-electron chi connectivity index (χ2n) is 4.56. The van der Waals surface area contributed by atoms with E-state index in [1.165, 1.54) is 0 Å². The maximum Gasteiger partial charge on any atom is 0.410 e. The van der Waals surface area contributed by atoms with Gasteiger partial charge in [-0.15, -0.1) is 0 Å². The minimum atomic E-state index is -0.287. The first-order chi connectivity index (χ1) is 9.15. The van der Waals surface area contributed by atoms with Gasteiger partial charge in [-0.2, -0.15) is 0 Å². The molecule has 19 heavy (non-hydrogen) atoms. The molecule has 2 atom stereocenters. The van der Waals surface area contributed by atoms with Gasteiger partial charge in [-0.3, -0.25) is 4.90 Å². The number of rotatable bonds is 5. The average Bonchev–Trinajstić information content (AvgIpc) is 2.80. The molecular weight excluding hydrogens is 246 g/mol. The highest BCUT2D eigenvalue weighted by molar-refractivity contribution is 5.70. The molecule has 0 radical (unpaired) electrons. The van der Waals surface area contributed by atoms with Crippen molar-refractivity contribution in [1.82, 2.24) is 4.90 Å². The summed E-state index contributed by atoms with van der Waals surface area (Å²) in [6.45, 7) is 2.83. The van der Waals surface area contributed by atoms with Gasteiger partial charge in [0.2, 0.25) is 0 Å². The molecule has 1 heterocycles. The number of hydrogen-bond acceptors (Lipinski definition) is 4. The van der Waals surface area contributed by atoms with E-state index in [2.05, 4.69) is 0 Å². The zero-order valence-corrected chi connectivity index (χ0v) is 11.5. The quantitative estimate of drug-likeness (QED) is 0.817. The Kier molecular flexibility index (Phi) is 4.27. The summed E-state index contributed by atoms with van der Waals surface area (Å²) in [4.78, 5) is 13.5. The van der Waals surface area contributed by atoms with Crippen molar-refractivity contribution >= 4 is 6.09 Å². The Morgan fingerprint density at radius 1 is 1.37 bits per heavy atom. The van der Waals surface area contributed by atoms with Crippen LogP contribution in [-0.2, 0) is 16.0 Å². The first-order valence-electron chi connectivity index (χ1n) is 6.25. The molecule has 0 bridgehead atoms. The highest BCUT2D eigenvalue weighted by Gasteiger charge is 2.36. The van der Waals surface area contributed by atoms with E-state index < -0.39 is 0 Å². The highest BCUT2D eigenvalue weighted by atomic mass is 16.6. The summed E-state index contributed by atoms with van der Waals surface area (Å²) in [5.41, 5.74) is 1.04. The van der Waals surface area contributed by atoms with Crippen molar-refractivity contribution in [2.45, 2.75) is 25.6 Å². The van der Waals surface area contributed by atoms with Crippen molar-refractivity contribution in [3.8, 4) is 5.75 Å². The molecule has 5 nitrogen and oxygen atoms in total. The first-order valence-corrected chi connectivity index (χ1v) is 6.25. The van der Waals surface area contributed by atoms with Crippen LogP contribution in [0.2, 0.25) is 0 Å². The molecule has 1 saturated heterocycles. The van der Waals surface area contributed by atoms with Crippen molar-refractivity contribution in [1.29, 1.82) is 0 Å². The van der Waals surface area contributed by atoms with Crippen molar-refractivity contribution in [2.24, 2.45) is 0 Å². The summed E-state index contributed by atoms with van der Waals surface area (Å²) < 4.78 is 15.5. The maximum atomic E-state index is 11.8. The predicted molar refractivity (Wildman–Crippen MR) is 70.1 cm³/mol. The first kappa shape index (κ1) is 13.7. The van der Waals surface area contributed by atoms with Crippen molar-refractivity contribution < 1.29 is 19.0 Å². The molecule has 1 aliphatic rings. The Labute approximate surface area is 113 Å². The van der Waals surface area contributed by atoms with Crippen LogP contribution in [0.1, 0.15) is 12.5 Å². The smallest absolute Gasteiger partial charge is 0.410 e. The van der Waals surface area contributed by atoms with E-state index in [4.69, 9.17) is 14.2 Å². The van der Waals surface area contributed by atoms with E-state index in [0.717, 1.165) is 11.3 Å². The van der Waals surface area contributed by atoms with Crippen LogP contribution >= 0.6 is 0 Å². The molecule has 104 valence electrons. The second kappa shape index (κ2) is 5.93. The number of nitrogens with zero attached hydrogens (tertiary/aromatic N) is 1. The lowest BCUT2D eigenvalue weighted by atomic mass is 10.1. The van der Waals surface area contributed by atoms with Crippen LogP contribution in [0.5, 0.6) is 5.75 Å². The molecule has 0 aromatic heterocycles. The van der Waals surface area contributed by atoms with E-state index in [1.54, 1.807) is 19.1 Å². The van der Waals surface area contributed by atoms with Gasteiger partial charge in [0.15, 0.2) is 0 Å². The van der Waals surface area contributed by atoms with Gasteiger partial charge in [-0.1, -0.05) is 12.1 Å². The average molecular weight is 265 g/mol. The van der Waals surface area contributed by atoms with Crippen LogP contribution in [0.4, 0.5) is 4.79 Å². The Balaban J connectivity index is 2.08. The molecule has 1 aliphatic heterocycles. The number of methoxy groups -OCH3 is 2. The summed E-state index contributed by atoms with van der Waals surface area (Å²) in [5, 5.41) is 0. The summed E-state index contributed by atoms with van der Waals surface area (Å²) in [6.07, 6.45) is -0.339. The molecule has 0 unspecified atom stereocenters. The molecule has 1 amide bonds. The molecule has 0 N–H and O–H groups in total. The summed E-state index contributed by atoms with van der Waals surface area (Å²) in [5.74, 6) is 0.801. The Bertz CT molecular complexity index is 432. The third-order valence-electron chi connectivity index (χ3n) is 3.44. The van der Waals surface area contributed by atoms with Crippen LogP contribution < -0.4 is 4.74 Å². The summed E-state index contributed by atoms with van der Waals surface area (Å²) in [6, 6.07) is 7.61. The van der Waals surface area contributed by atoms with Crippen LogP contribution in [0, 0.1) is 0 Å². The fraction of sp³-hybridized carbons (Fsp3) is 0.500. The Hall–Kier alpha value is -1.75. The van der Waals surface area contributed by atoms with Crippen LogP contribution in [0.3, 0.4) is 0 Å². The highest BCUT2D eigenvalue weighted by Crippen LogP contribution is 2.21. The Morgan fingerprint density at radius 2 is 2.05 bits per heavy atom. The lowest BCUT2D eigenvalue weighted by Crippen LogP contribution is -2.41. The van der Waals surface area contributed by atoms with Gasteiger partial charge in [-0.25, -0.2) is 4.79 Å². The summed E-state index contributed by atoms with van der Waals surface area (Å²) >= 11 is 0. The molecule has 1 fully saturated rings. The third kappa shape index (κ3) is 2.98. The number of ether oxygens (including phenoxy) is 3. The number of benzene rings is 1. The van der Waals surface area contributed by atoms with Crippen LogP contribution in [0.25, 0.3) is 0 Å². The van der Waals surface area contributed by atoms with Crippen molar-refractivity contribution in [3.05, 3.63) is 29.8 Å². The topological polar surface area (TPSA) is 48.0 Å². The molecule has 5 heteroatoms. The van der Waals surface area contributed by atoms with Crippen LogP contribution in [-0.4, -0.2) is 44.0 Å². The molecule has 0 saturated carbocycles. The molecule has 2 rings (SSSR count). The minimum absolute atomic E-state index is 0.0420. The third-order valence-corrected chi connectivity index (χ3v) is 3.44. The molecular formula is C14H19NO4. The number of cyclic esters (lactones) is 1. The normalized spacial score (nSPS) is 20.3. The van der Waals surface area contributed by atoms with E-state index >= 15 is 0 Å². The van der Waals surface area contributed by atoms with Crippen LogP contribution in [0.15, 0.2) is 24.3 Å². The number of carbonyl (C=O) groups is 1. The van der Waals surface area contributed by atoms with E-state index in [-0.39, 0.29) is 18.2 Å². The van der Waals surface area contributed by atoms with Crippen molar-refractivity contribution in [3.63, 3.8) is 0 Å². The van der Waals surface area contributed by atoms with Gasteiger partial charge >= 0.3 is 6.09 Å². The van der Waals surface area contributed by atoms with Gasteiger partial charge in [0, 0.05) is 13.7 Å². The van der Waals surface area contributed by atoms with Gasteiger partial charge in [0.25, 0.3) is 0 Å². The maximum absolute atomic E-state index is 11.8.